The zero-order valence-electron chi connectivity index (χ0n) is 26.9. The second kappa shape index (κ2) is 24.9. The zero-order chi connectivity index (χ0) is 29.6. The summed E-state index contributed by atoms with van der Waals surface area (Å²) in [5.41, 5.74) is 0.403. The molecule has 0 aromatic heterocycles. The SMILES string of the molecule is C.C.C.C.CC(C)(C)C1CCC(=O)CC1.CC(C)[C@@H]1CC[C@@H](C)CC1=O.CC1CCC(=O)CC1.CCC1CCC(=O)CC1. The smallest absolute Gasteiger partial charge is 0.136 e. The van der Waals surface area contributed by atoms with Crippen molar-refractivity contribution < 1.29 is 19.2 Å². The minimum atomic E-state index is 0. The number of hydrogen-bond donors (Lipinski definition) is 0. The van der Waals surface area contributed by atoms with Gasteiger partial charge in [-0.1, -0.05) is 91.5 Å². The van der Waals surface area contributed by atoms with Crippen LogP contribution in [0.4, 0.5) is 0 Å². The molecule has 0 spiro atoms. The Morgan fingerprint density at radius 2 is 1.00 bits per heavy atom. The molecule has 0 aromatic rings. The van der Waals surface area contributed by atoms with Gasteiger partial charge < -0.3 is 0 Å². The molecule has 0 aliphatic heterocycles. The summed E-state index contributed by atoms with van der Waals surface area (Å²) >= 11 is 0. The molecule has 0 heterocycles. The molecule has 258 valence electrons. The van der Waals surface area contributed by atoms with Gasteiger partial charge in [-0.15, -0.1) is 0 Å². The summed E-state index contributed by atoms with van der Waals surface area (Å²) in [5.74, 6) is 5.86. The van der Waals surface area contributed by atoms with Crippen LogP contribution in [0.2, 0.25) is 0 Å². The molecule has 4 nitrogen and oxygen atoms in total. The van der Waals surface area contributed by atoms with E-state index in [1.807, 2.05) is 0 Å². The van der Waals surface area contributed by atoms with Crippen LogP contribution in [0, 0.1) is 40.9 Å². The van der Waals surface area contributed by atoms with Gasteiger partial charge in [-0.2, -0.15) is 0 Å². The number of ketones is 4. The van der Waals surface area contributed by atoms with Crippen molar-refractivity contribution in [1.29, 1.82) is 0 Å². The molecule has 0 unspecified atom stereocenters. The Labute approximate surface area is 270 Å². The van der Waals surface area contributed by atoms with Crippen LogP contribution in [-0.4, -0.2) is 23.1 Å². The first-order valence-electron chi connectivity index (χ1n) is 16.3. The summed E-state index contributed by atoms with van der Waals surface area (Å²) < 4.78 is 0. The molecule has 4 heteroatoms. The van der Waals surface area contributed by atoms with E-state index in [9.17, 15) is 19.2 Å². The van der Waals surface area contributed by atoms with E-state index in [4.69, 9.17) is 0 Å². The summed E-state index contributed by atoms with van der Waals surface area (Å²) in [6.45, 7) is 17.7. The molecule has 4 saturated carbocycles. The van der Waals surface area contributed by atoms with E-state index >= 15 is 0 Å². The second-order valence-electron chi connectivity index (χ2n) is 14.5. The lowest BCUT2D eigenvalue weighted by Gasteiger charge is -2.33. The van der Waals surface area contributed by atoms with Crippen molar-refractivity contribution in [3.8, 4) is 0 Å². The fourth-order valence-electron chi connectivity index (χ4n) is 6.22. The van der Waals surface area contributed by atoms with Gasteiger partial charge in [0.15, 0.2) is 0 Å². The monoisotopic (exact) mass is 611 g/mol. The summed E-state index contributed by atoms with van der Waals surface area (Å²) in [6, 6.07) is 0. The predicted molar refractivity (Wildman–Crippen MR) is 190 cm³/mol. The van der Waals surface area contributed by atoms with Crippen molar-refractivity contribution in [2.75, 3.05) is 0 Å². The molecule has 4 rings (SSSR count). The van der Waals surface area contributed by atoms with E-state index in [0.29, 0.717) is 46.3 Å². The minimum absolute atomic E-state index is 0. The second-order valence-corrected chi connectivity index (χ2v) is 14.5. The van der Waals surface area contributed by atoms with Crippen LogP contribution in [0.5, 0.6) is 0 Å². The van der Waals surface area contributed by atoms with E-state index < -0.39 is 0 Å². The molecule has 0 radical (unpaired) electrons. The summed E-state index contributed by atoms with van der Waals surface area (Å²) in [4.78, 5) is 43.7. The highest BCUT2D eigenvalue weighted by molar-refractivity contribution is 5.82. The largest absolute Gasteiger partial charge is 0.300 e. The highest BCUT2D eigenvalue weighted by Gasteiger charge is 2.29. The standard InChI is InChI=1S/2C10H18O.C8H14O.C7H12O.4CH4/c1-10(2,3)8-4-6-9(11)7-5-8;1-7(2)9-5-4-8(3)6-10(9)11;1-2-7-3-5-8(9)6-4-7;1-6-2-4-7(8)5-3-6;;;;/h8H,4-7H2,1-3H3;7-9H,4-6H2,1-3H3;7H,2-6H2,1H3;6H,2-5H2,1H3;4*1H4/t;8-,9+;;;;;;/m.1....../s1. The third kappa shape index (κ3) is 21.1. The van der Waals surface area contributed by atoms with Crippen molar-refractivity contribution >= 4 is 23.1 Å². The van der Waals surface area contributed by atoms with Gasteiger partial charge in [0, 0.05) is 50.9 Å². The third-order valence-corrected chi connectivity index (χ3v) is 9.58. The lowest BCUT2D eigenvalue weighted by Crippen LogP contribution is -2.27. The van der Waals surface area contributed by atoms with Crippen molar-refractivity contribution in [2.45, 2.75) is 188 Å². The molecule has 4 fully saturated rings. The Bertz CT molecular complexity index is 730. The van der Waals surface area contributed by atoms with Gasteiger partial charge in [-0.05, 0) is 86.4 Å². The maximum atomic E-state index is 11.4. The number of carbonyl (C=O) groups excluding carboxylic acids is 4. The Morgan fingerprint density at radius 1 is 0.605 bits per heavy atom. The topological polar surface area (TPSA) is 68.3 Å². The summed E-state index contributed by atoms with van der Waals surface area (Å²) in [6.07, 6.45) is 16.2. The summed E-state index contributed by atoms with van der Waals surface area (Å²) in [5, 5.41) is 0. The maximum Gasteiger partial charge on any atom is 0.136 e. The molecule has 2 atom stereocenters. The van der Waals surface area contributed by atoms with E-state index in [1.165, 1.54) is 12.8 Å². The predicted octanol–water partition coefficient (Wildman–Crippen LogP) is 11.9. The lowest BCUT2D eigenvalue weighted by molar-refractivity contribution is -0.127. The Hall–Kier alpha value is -1.32. The molecule has 0 saturated heterocycles. The van der Waals surface area contributed by atoms with Crippen LogP contribution >= 0.6 is 0 Å². The van der Waals surface area contributed by atoms with Gasteiger partial charge >= 0.3 is 0 Å². The van der Waals surface area contributed by atoms with Crippen LogP contribution in [-0.2, 0) is 19.2 Å². The molecule has 0 amide bonds. The van der Waals surface area contributed by atoms with Gasteiger partial charge in [-0.3, -0.25) is 19.2 Å². The van der Waals surface area contributed by atoms with E-state index in [1.54, 1.807) is 0 Å². The molecule has 43 heavy (non-hydrogen) atoms. The minimum Gasteiger partial charge on any atom is -0.300 e. The van der Waals surface area contributed by atoms with Crippen LogP contribution in [0.1, 0.15) is 188 Å². The van der Waals surface area contributed by atoms with Gasteiger partial charge in [-0.25, -0.2) is 0 Å². The highest BCUT2D eigenvalue weighted by atomic mass is 16.1. The van der Waals surface area contributed by atoms with Crippen LogP contribution in [0.3, 0.4) is 0 Å². The van der Waals surface area contributed by atoms with E-state index in [0.717, 1.165) is 108 Å². The third-order valence-electron chi connectivity index (χ3n) is 9.58. The average Bonchev–Trinajstić information content (AvgIpc) is 2.87. The van der Waals surface area contributed by atoms with E-state index in [2.05, 4.69) is 55.4 Å². The zero-order valence-corrected chi connectivity index (χ0v) is 26.9. The first-order valence-corrected chi connectivity index (χ1v) is 16.3. The van der Waals surface area contributed by atoms with Gasteiger partial charge in [0.2, 0.25) is 0 Å². The number of rotatable bonds is 2. The molecular weight excluding hydrogens is 532 g/mol. The molecule has 0 aromatic carbocycles. The number of Topliss-reactive ketones (excluding diaryl/α,β-unsaturated/α-hetero) is 4. The molecule has 0 N–H and O–H groups in total. The average molecular weight is 611 g/mol. The Kier molecular flexibility index (Phi) is 28.2. The fourth-order valence-corrected chi connectivity index (χ4v) is 6.22. The normalized spacial score (nSPS) is 23.3. The lowest BCUT2D eigenvalue weighted by atomic mass is 9.72. The molecule has 4 aliphatic carbocycles. The number of hydrogen-bond acceptors (Lipinski definition) is 4. The molecule has 4 aliphatic rings. The Balaban J connectivity index is -0.000000230. The molecule has 0 bridgehead atoms. The Morgan fingerprint density at radius 3 is 1.33 bits per heavy atom. The van der Waals surface area contributed by atoms with Crippen molar-refractivity contribution in [1.82, 2.24) is 0 Å². The maximum absolute atomic E-state index is 11.4. The van der Waals surface area contributed by atoms with Crippen LogP contribution < -0.4 is 0 Å². The first-order chi connectivity index (χ1) is 18.2. The van der Waals surface area contributed by atoms with Gasteiger partial charge in [0.25, 0.3) is 0 Å². The summed E-state index contributed by atoms with van der Waals surface area (Å²) in [7, 11) is 0. The highest BCUT2D eigenvalue weighted by Crippen LogP contribution is 2.36. The van der Waals surface area contributed by atoms with Crippen molar-refractivity contribution in [3.05, 3.63) is 0 Å². The van der Waals surface area contributed by atoms with Gasteiger partial charge in [0.1, 0.15) is 23.1 Å². The fraction of sp³-hybridized carbons (Fsp3) is 0.897. The van der Waals surface area contributed by atoms with Crippen molar-refractivity contribution in [2.24, 2.45) is 40.9 Å². The van der Waals surface area contributed by atoms with Gasteiger partial charge in [0.05, 0.1) is 0 Å². The quantitative estimate of drug-likeness (QED) is 0.312. The first kappa shape index (κ1) is 48.6. The van der Waals surface area contributed by atoms with Crippen LogP contribution in [0.25, 0.3) is 0 Å². The van der Waals surface area contributed by atoms with Crippen molar-refractivity contribution in [3.63, 3.8) is 0 Å². The van der Waals surface area contributed by atoms with Crippen LogP contribution in [0.15, 0.2) is 0 Å². The van der Waals surface area contributed by atoms with E-state index in [-0.39, 0.29) is 29.7 Å². The molecular formula is C39H78O4. The number of carbonyl (C=O) groups is 4.